The maximum absolute atomic E-state index is 11.3. The lowest BCUT2D eigenvalue weighted by Gasteiger charge is -2.10. The third-order valence-corrected chi connectivity index (χ3v) is 4.24. The number of nitrogens with two attached hydrogens (primary N) is 1. The number of hydrogen-bond donors (Lipinski definition) is 3. The first-order valence-corrected chi connectivity index (χ1v) is 8.30. The van der Waals surface area contributed by atoms with Crippen molar-refractivity contribution >= 4 is 27.5 Å². The first-order valence-electron chi connectivity index (χ1n) is 5.60. The Labute approximate surface area is 112 Å². The summed E-state index contributed by atoms with van der Waals surface area (Å²) in [6.45, 7) is 0.858. The number of hydrogen-bond acceptors (Lipinski definition) is 5. The van der Waals surface area contributed by atoms with Crippen molar-refractivity contribution in [2.45, 2.75) is 11.3 Å². The van der Waals surface area contributed by atoms with Gasteiger partial charge in [0.15, 0.2) is 0 Å². The second-order valence-corrected chi connectivity index (χ2v) is 6.41. The fourth-order valence-corrected chi connectivity index (χ4v) is 2.89. The van der Waals surface area contributed by atoms with Crippen LogP contribution >= 0.6 is 11.8 Å². The van der Waals surface area contributed by atoms with E-state index in [0.717, 1.165) is 17.9 Å². The SMILES string of the molecule is NS(=O)(=O)c1ccccc1NCCSCCCO. The number of para-hydroxylation sites is 1. The average molecular weight is 290 g/mol. The number of anilines is 1. The number of rotatable bonds is 8. The van der Waals surface area contributed by atoms with Gasteiger partial charge in [0.2, 0.25) is 10.0 Å². The fraction of sp³-hybridized carbons (Fsp3) is 0.455. The Balaban J connectivity index is 2.48. The van der Waals surface area contributed by atoms with Crippen LogP contribution in [0.15, 0.2) is 29.2 Å². The Morgan fingerprint density at radius 3 is 2.67 bits per heavy atom. The number of aliphatic hydroxyl groups is 1. The van der Waals surface area contributed by atoms with Gasteiger partial charge in [0, 0.05) is 18.9 Å². The summed E-state index contributed by atoms with van der Waals surface area (Å²) in [6.07, 6.45) is 0.776. The van der Waals surface area contributed by atoms with Gasteiger partial charge in [-0.25, -0.2) is 13.6 Å². The van der Waals surface area contributed by atoms with Gasteiger partial charge in [-0.2, -0.15) is 11.8 Å². The maximum Gasteiger partial charge on any atom is 0.240 e. The Morgan fingerprint density at radius 1 is 1.28 bits per heavy atom. The molecule has 0 fully saturated rings. The lowest BCUT2D eigenvalue weighted by Crippen LogP contribution is -2.16. The summed E-state index contributed by atoms with van der Waals surface area (Å²) < 4.78 is 22.7. The maximum atomic E-state index is 11.3. The molecule has 4 N–H and O–H groups in total. The Morgan fingerprint density at radius 2 is 2.00 bits per heavy atom. The molecule has 0 saturated carbocycles. The van der Waals surface area contributed by atoms with Crippen molar-refractivity contribution < 1.29 is 13.5 Å². The third-order valence-electron chi connectivity index (χ3n) is 2.20. The van der Waals surface area contributed by atoms with Gasteiger partial charge < -0.3 is 10.4 Å². The zero-order valence-electron chi connectivity index (χ0n) is 10.0. The van der Waals surface area contributed by atoms with Crippen molar-refractivity contribution in [1.82, 2.24) is 0 Å². The highest BCUT2D eigenvalue weighted by molar-refractivity contribution is 7.99. The van der Waals surface area contributed by atoms with E-state index in [0.29, 0.717) is 12.2 Å². The van der Waals surface area contributed by atoms with Gasteiger partial charge in [-0.15, -0.1) is 0 Å². The minimum Gasteiger partial charge on any atom is -0.396 e. The summed E-state index contributed by atoms with van der Waals surface area (Å²) in [7, 11) is -3.69. The number of benzene rings is 1. The average Bonchev–Trinajstić information content (AvgIpc) is 2.33. The normalized spacial score (nSPS) is 11.4. The van der Waals surface area contributed by atoms with Crippen LogP contribution in [0.25, 0.3) is 0 Å². The molecule has 0 aromatic heterocycles. The molecule has 0 spiro atoms. The van der Waals surface area contributed by atoms with Gasteiger partial charge in [0.05, 0.1) is 5.69 Å². The van der Waals surface area contributed by atoms with E-state index in [1.54, 1.807) is 30.0 Å². The van der Waals surface area contributed by atoms with Gasteiger partial charge in [-0.05, 0) is 24.3 Å². The van der Waals surface area contributed by atoms with E-state index >= 15 is 0 Å². The minimum absolute atomic E-state index is 0.116. The van der Waals surface area contributed by atoms with E-state index in [4.69, 9.17) is 10.2 Å². The van der Waals surface area contributed by atoms with Crippen molar-refractivity contribution in [3.8, 4) is 0 Å². The summed E-state index contributed by atoms with van der Waals surface area (Å²) in [5, 5.41) is 16.8. The van der Waals surface area contributed by atoms with Crippen molar-refractivity contribution in [3.05, 3.63) is 24.3 Å². The van der Waals surface area contributed by atoms with Crippen LogP contribution in [0.5, 0.6) is 0 Å². The number of sulfonamides is 1. The van der Waals surface area contributed by atoms with E-state index in [2.05, 4.69) is 5.32 Å². The van der Waals surface area contributed by atoms with E-state index in [-0.39, 0.29) is 11.5 Å². The molecule has 18 heavy (non-hydrogen) atoms. The van der Waals surface area contributed by atoms with E-state index < -0.39 is 10.0 Å². The summed E-state index contributed by atoms with van der Waals surface area (Å²) in [6, 6.07) is 6.57. The number of nitrogens with one attached hydrogen (secondary N) is 1. The lowest BCUT2D eigenvalue weighted by atomic mass is 10.3. The standard InChI is InChI=1S/C11H18N2O3S2/c12-18(15,16)11-5-2-1-4-10(11)13-6-9-17-8-3-7-14/h1-2,4-5,13-14H,3,6-9H2,(H2,12,15,16). The van der Waals surface area contributed by atoms with Crippen LogP contribution in [0, 0.1) is 0 Å². The molecule has 1 rings (SSSR count). The molecule has 0 bridgehead atoms. The Hall–Kier alpha value is -0.760. The zero-order chi connectivity index (χ0) is 13.4. The lowest BCUT2D eigenvalue weighted by molar-refractivity contribution is 0.296. The second-order valence-electron chi connectivity index (χ2n) is 3.66. The van der Waals surface area contributed by atoms with E-state index in [1.165, 1.54) is 6.07 Å². The van der Waals surface area contributed by atoms with Crippen molar-refractivity contribution in [2.24, 2.45) is 5.14 Å². The molecule has 1 aromatic carbocycles. The third kappa shape index (κ3) is 5.26. The van der Waals surface area contributed by atoms with Gasteiger partial charge >= 0.3 is 0 Å². The van der Waals surface area contributed by atoms with Crippen molar-refractivity contribution in [2.75, 3.05) is 30.0 Å². The second kappa shape index (κ2) is 7.63. The fourth-order valence-electron chi connectivity index (χ4n) is 1.39. The molecule has 0 aliphatic carbocycles. The largest absolute Gasteiger partial charge is 0.396 e. The molecule has 0 heterocycles. The van der Waals surface area contributed by atoms with Crippen LogP contribution in [-0.2, 0) is 10.0 Å². The first-order chi connectivity index (χ1) is 8.55. The van der Waals surface area contributed by atoms with Crippen LogP contribution < -0.4 is 10.5 Å². The van der Waals surface area contributed by atoms with Gasteiger partial charge in [-0.3, -0.25) is 0 Å². The number of aliphatic hydroxyl groups excluding tert-OH is 1. The highest BCUT2D eigenvalue weighted by atomic mass is 32.2. The van der Waals surface area contributed by atoms with Crippen LogP contribution in [0.4, 0.5) is 5.69 Å². The van der Waals surface area contributed by atoms with Crippen molar-refractivity contribution in [3.63, 3.8) is 0 Å². The van der Waals surface area contributed by atoms with Gasteiger partial charge in [0.1, 0.15) is 4.90 Å². The molecule has 0 aliphatic rings. The molecule has 0 saturated heterocycles. The molecule has 0 unspecified atom stereocenters. The zero-order valence-corrected chi connectivity index (χ0v) is 11.6. The first kappa shape index (κ1) is 15.3. The molecule has 0 radical (unpaired) electrons. The topological polar surface area (TPSA) is 92.4 Å². The molecular weight excluding hydrogens is 272 g/mol. The van der Waals surface area contributed by atoms with E-state index in [1.807, 2.05) is 0 Å². The summed E-state index contributed by atoms with van der Waals surface area (Å²) in [5.74, 6) is 1.74. The summed E-state index contributed by atoms with van der Waals surface area (Å²) in [4.78, 5) is 0.116. The predicted octanol–water partition coefficient (Wildman–Crippen LogP) is 0.861. The molecule has 0 aliphatic heterocycles. The molecule has 5 nitrogen and oxygen atoms in total. The molecular formula is C11H18N2O3S2. The molecule has 1 aromatic rings. The smallest absolute Gasteiger partial charge is 0.240 e. The highest BCUT2D eigenvalue weighted by Gasteiger charge is 2.12. The minimum atomic E-state index is -3.69. The highest BCUT2D eigenvalue weighted by Crippen LogP contribution is 2.19. The summed E-state index contributed by atoms with van der Waals surface area (Å²) in [5.41, 5.74) is 0.530. The molecule has 102 valence electrons. The van der Waals surface area contributed by atoms with Crippen LogP contribution in [0.3, 0.4) is 0 Å². The predicted molar refractivity (Wildman–Crippen MR) is 75.3 cm³/mol. The number of thioether (sulfide) groups is 1. The van der Waals surface area contributed by atoms with Gasteiger partial charge in [0.25, 0.3) is 0 Å². The quantitative estimate of drug-likeness (QED) is 0.618. The molecule has 0 atom stereocenters. The van der Waals surface area contributed by atoms with Crippen molar-refractivity contribution in [1.29, 1.82) is 0 Å². The monoisotopic (exact) mass is 290 g/mol. The van der Waals surface area contributed by atoms with Crippen LogP contribution in [0.1, 0.15) is 6.42 Å². The van der Waals surface area contributed by atoms with Gasteiger partial charge in [-0.1, -0.05) is 12.1 Å². The molecule has 0 amide bonds. The number of primary sulfonamides is 1. The van der Waals surface area contributed by atoms with Crippen LogP contribution in [0.2, 0.25) is 0 Å². The Bertz CT molecular complexity index is 463. The molecule has 7 heteroatoms. The Kier molecular flexibility index (Phi) is 6.48. The summed E-state index contributed by atoms with van der Waals surface area (Å²) >= 11 is 1.71. The van der Waals surface area contributed by atoms with Crippen LogP contribution in [-0.4, -0.2) is 38.2 Å². The van der Waals surface area contributed by atoms with E-state index in [9.17, 15) is 8.42 Å².